The number of hydrogen-bond donors (Lipinski definition) is 1. The predicted molar refractivity (Wildman–Crippen MR) is 77.9 cm³/mol. The lowest BCUT2D eigenvalue weighted by Crippen LogP contribution is -2.04. The van der Waals surface area contributed by atoms with E-state index in [0.29, 0.717) is 23.8 Å². The highest BCUT2D eigenvalue weighted by Crippen LogP contribution is 2.27. The van der Waals surface area contributed by atoms with Gasteiger partial charge in [0.2, 0.25) is 0 Å². The molecule has 1 fully saturated rings. The number of nitrogens with two attached hydrogens (primary N) is 1. The Morgan fingerprint density at radius 3 is 2.50 bits per heavy atom. The van der Waals surface area contributed by atoms with Gasteiger partial charge in [0, 0.05) is 17.7 Å². The minimum Gasteiger partial charge on any atom is -0.490 e. The molecule has 0 radical (unpaired) electrons. The zero-order valence-electron chi connectivity index (χ0n) is 11.2. The van der Waals surface area contributed by atoms with Crippen LogP contribution < -0.4 is 10.5 Å². The summed E-state index contributed by atoms with van der Waals surface area (Å²) in [6.07, 6.45) is 2.56. The molecule has 2 N–H and O–H groups in total. The third-order valence-corrected chi connectivity index (χ3v) is 3.38. The van der Waals surface area contributed by atoms with Gasteiger partial charge in [-0.3, -0.25) is 4.79 Å². The second-order valence-corrected chi connectivity index (χ2v) is 5.08. The molecule has 2 aromatic rings. The third-order valence-electron chi connectivity index (χ3n) is 3.38. The van der Waals surface area contributed by atoms with E-state index in [2.05, 4.69) is 0 Å². The van der Waals surface area contributed by atoms with E-state index in [4.69, 9.17) is 10.5 Å². The van der Waals surface area contributed by atoms with E-state index in [1.165, 1.54) is 0 Å². The topological polar surface area (TPSA) is 52.3 Å². The van der Waals surface area contributed by atoms with Gasteiger partial charge in [-0.2, -0.15) is 0 Å². The van der Waals surface area contributed by atoms with Gasteiger partial charge in [0.05, 0.1) is 6.10 Å². The van der Waals surface area contributed by atoms with Crippen LogP contribution in [0.4, 0.5) is 0 Å². The molecule has 3 nitrogen and oxygen atoms in total. The normalized spacial score (nSPS) is 14.1. The molecule has 0 amide bonds. The summed E-state index contributed by atoms with van der Waals surface area (Å²) in [5.74, 6) is 0.784. The van der Waals surface area contributed by atoms with Crippen molar-refractivity contribution in [1.82, 2.24) is 0 Å². The molecule has 20 heavy (non-hydrogen) atoms. The van der Waals surface area contributed by atoms with Crippen LogP contribution in [-0.4, -0.2) is 11.9 Å². The lowest BCUT2D eigenvalue weighted by molar-refractivity contribution is 0.103. The van der Waals surface area contributed by atoms with E-state index in [9.17, 15) is 4.79 Å². The van der Waals surface area contributed by atoms with Crippen molar-refractivity contribution in [3.05, 3.63) is 65.2 Å². The van der Waals surface area contributed by atoms with Gasteiger partial charge in [-0.1, -0.05) is 36.4 Å². The summed E-state index contributed by atoms with van der Waals surface area (Å²) in [5, 5.41) is 0. The Labute approximate surface area is 118 Å². The monoisotopic (exact) mass is 267 g/mol. The van der Waals surface area contributed by atoms with E-state index in [1.54, 1.807) is 0 Å². The minimum atomic E-state index is 0.00909. The Hall–Kier alpha value is -2.13. The molecule has 0 aliphatic heterocycles. The fraction of sp³-hybridized carbons (Fsp3) is 0.235. The summed E-state index contributed by atoms with van der Waals surface area (Å²) < 4.78 is 5.72. The summed E-state index contributed by atoms with van der Waals surface area (Å²) in [7, 11) is 0. The highest BCUT2D eigenvalue weighted by molar-refractivity contribution is 6.09. The van der Waals surface area contributed by atoms with E-state index >= 15 is 0 Å². The minimum absolute atomic E-state index is 0.00909. The van der Waals surface area contributed by atoms with Gasteiger partial charge >= 0.3 is 0 Å². The molecule has 0 aromatic heterocycles. The quantitative estimate of drug-likeness (QED) is 0.847. The molecule has 1 aliphatic carbocycles. The summed E-state index contributed by atoms with van der Waals surface area (Å²) in [4.78, 5) is 12.4. The first kappa shape index (κ1) is 12.9. The van der Waals surface area contributed by atoms with Gasteiger partial charge in [-0.25, -0.2) is 0 Å². The van der Waals surface area contributed by atoms with Gasteiger partial charge in [-0.15, -0.1) is 0 Å². The smallest absolute Gasteiger partial charge is 0.193 e. The van der Waals surface area contributed by atoms with Crippen molar-refractivity contribution in [2.75, 3.05) is 0 Å². The van der Waals surface area contributed by atoms with Crippen molar-refractivity contribution in [2.45, 2.75) is 25.5 Å². The highest BCUT2D eigenvalue weighted by Gasteiger charge is 2.23. The Morgan fingerprint density at radius 2 is 1.85 bits per heavy atom. The van der Waals surface area contributed by atoms with Crippen LogP contribution in [0, 0.1) is 0 Å². The molecule has 0 spiro atoms. The molecular formula is C17H17NO2. The summed E-state index contributed by atoms with van der Waals surface area (Å²) in [5.41, 5.74) is 7.91. The van der Waals surface area contributed by atoms with Crippen LogP contribution in [0.25, 0.3) is 0 Å². The number of rotatable bonds is 5. The van der Waals surface area contributed by atoms with Crippen molar-refractivity contribution in [1.29, 1.82) is 0 Å². The predicted octanol–water partition coefficient (Wildman–Crippen LogP) is 2.92. The van der Waals surface area contributed by atoms with Gasteiger partial charge in [0.15, 0.2) is 5.78 Å². The molecule has 0 saturated heterocycles. The van der Waals surface area contributed by atoms with Crippen LogP contribution in [0.1, 0.15) is 34.3 Å². The molecule has 2 aromatic carbocycles. The van der Waals surface area contributed by atoms with Gasteiger partial charge in [0.1, 0.15) is 5.75 Å². The van der Waals surface area contributed by atoms with Crippen molar-refractivity contribution in [3.63, 3.8) is 0 Å². The average molecular weight is 267 g/mol. The largest absolute Gasteiger partial charge is 0.490 e. The number of ketones is 1. The van der Waals surface area contributed by atoms with E-state index < -0.39 is 0 Å². The molecule has 3 rings (SSSR count). The van der Waals surface area contributed by atoms with Gasteiger partial charge in [0.25, 0.3) is 0 Å². The van der Waals surface area contributed by atoms with Gasteiger partial charge < -0.3 is 10.5 Å². The van der Waals surface area contributed by atoms with Gasteiger partial charge in [-0.05, 0) is 30.5 Å². The fourth-order valence-electron chi connectivity index (χ4n) is 2.05. The molecule has 1 saturated carbocycles. The second-order valence-electron chi connectivity index (χ2n) is 5.08. The fourth-order valence-corrected chi connectivity index (χ4v) is 2.05. The highest BCUT2D eigenvalue weighted by atomic mass is 16.5. The number of carbonyl (C=O) groups excluding carboxylic acids is 1. The summed E-state index contributed by atoms with van der Waals surface area (Å²) in [6, 6.07) is 14.8. The lowest BCUT2D eigenvalue weighted by atomic mass is 10.0. The van der Waals surface area contributed by atoms with Crippen molar-refractivity contribution in [2.24, 2.45) is 5.73 Å². The maximum absolute atomic E-state index is 12.4. The zero-order valence-corrected chi connectivity index (χ0v) is 11.2. The van der Waals surface area contributed by atoms with Crippen LogP contribution in [0.15, 0.2) is 48.5 Å². The lowest BCUT2D eigenvalue weighted by Gasteiger charge is -2.07. The average Bonchev–Trinajstić information content (AvgIpc) is 3.31. The Bertz CT molecular complexity index is 615. The molecule has 0 heterocycles. The number of carbonyl (C=O) groups is 1. The number of benzene rings is 2. The third kappa shape index (κ3) is 2.89. The summed E-state index contributed by atoms with van der Waals surface area (Å²) >= 11 is 0. The van der Waals surface area contributed by atoms with E-state index in [-0.39, 0.29) is 5.78 Å². The molecule has 0 unspecified atom stereocenters. The molecule has 3 heteroatoms. The van der Waals surface area contributed by atoms with Crippen LogP contribution >= 0.6 is 0 Å². The first-order valence-corrected chi connectivity index (χ1v) is 6.86. The van der Waals surface area contributed by atoms with Crippen molar-refractivity contribution < 1.29 is 9.53 Å². The molecular weight excluding hydrogens is 250 g/mol. The van der Waals surface area contributed by atoms with Crippen molar-refractivity contribution in [3.8, 4) is 5.75 Å². The van der Waals surface area contributed by atoms with Crippen LogP contribution in [0.2, 0.25) is 0 Å². The second kappa shape index (κ2) is 5.47. The Balaban J connectivity index is 1.81. The molecule has 102 valence electrons. The maximum Gasteiger partial charge on any atom is 0.193 e. The Morgan fingerprint density at radius 1 is 1.10 bits per heavy atom. The SMILES string of the molecule is NCc1ccc(C(=O)c2cccc(OC3CC3)c2)cc1. The van der Waals surface area contributed by atoms with Crippen LogP contribution in [0.3, 0.4) is 0 Å². The zero-order chi connectivity index (χ0) is 13.9. The number of hydrogen-bond acceptors (Lipinski definition) is 3. The first-order chi connectivity index (χ1) is 9.76. The van der Waals surface area contributed by atoms with Crippen LogP contribution in [-0.2, 0) is 6.54 Å². The Kier molecular flexibility index (Phi) is 3.52. The molecule has 0 bridgehead atoms. The molecule has 1 aliphatic rings. The number of ether oxygens (including phenoxy) is 1. The first-order valence-electron chi connectivity index (χ1n) is 6.86. The van der Waals surface area contributed by atoms with Crippen molar-refractivity contribution >= 4 is 5.78 Å². The maximum atomic E-state index is 12.4. The van der Waals surface area contributed by atoms with Crippen LogP contribution in [0.5, 0.6) is 5.75 Å². The van der Waals surface area contributed by atoms with E-state index in [0.717, 1.165) is 24.2 Å². The summed E-state index contributed by atoms with van der Waals surface area (Å²) in [6.45, 7) is 0.485. The molecule has 0 atom stereocenters. The standard InChI is InChI=1S/C17H17NO2/c18-11-12-4-6-13(7-5-12)17(19)14-2-1-3-16(10-14)20-15-8-9-15/h1-7,10,15H,8-9,11,18H2. The van der Waals surface area contributed by atoms with E-state index in [1.807, 2.05) is 48.5 Å².